The Kier molecular flexibility index (Phi) is 2.69. The molecule has 1 aromatic heterocycles. The number of anilines is 1. The highest BCUT2D eigenvalue weighted by Crippen LogP contribution is 2.20. The Labute approximate surface area is 79.3 Å². The van der Waals surface area contributed by atoms with Gasteiger partial charge in [-0.2, -0.15) is 0 Å². The number of carboxylic acid groups (broad SMARTS) is 1. The molecule has 0 spiro atoms. The van der Waals surface area contributed by atoms with E-state index in [1.165, 1.54) is 12.3 Å². The summed E-state index contributed by atoms with van der Waals surface area (Å²) >= 11 is 5.60. The van der Waals surface area contributed by atoms with E-state index in [0.29, 0.717) is 5.02 Å². The van der Waals surface area contributed by atoms with Crippen molar-refractivity contribution in [1.29, 1.82) is 0 Å². The molecule has 0 unspecified atom stereocenters. The summed E-state index contributed by atoms with van der Waals surface area (Å²) < 4.78 is 0. The summed E-state index contributed by atoms with van der Waals surface area (Å²) in [5, 5.41) is 8.91. The van der Waals surface area contributed by atoms with Crippen LogP contribution < -0.4 is 11.5 Å². The molecule has 0 fully saturated rings. The lowest BCUT2D eigenvalue weighted by molar-refractivity contribution is -0.138. The molecular weight excluding hydrogens is 194 g/mol. The van der Waals surface area contributed by atoms with Crippen molar-refractivity contribution in [3.05, 3.63) is 22.8 Å². The zero-order valence-electron chi connectivity index (χ0n) is 6.57. The zero-order valence-corrected chi connectivity index (χ0v) is 7.32. The van der Waals surface area contributed by atoms with E-state index in [9.17, 15) is 4.79 Å². The predicted molar refractivity (Wildman–Crippen MR) is 48.2 cm³/mol. The van der Waals surface area contributed by atoms with E-state index in [1.54, 1.807) is 0 Å². The van der Waals surface area contributed by atoms with Crippen LogP contribution in [0.5, 0.6) is 0 Å². The first-order chi connectivity index (χ1) is 6.02. The van der Waals surface area contributed by atoms with Crippen LogP contribution in [0.1, 0.15) is 11.6 Å². The van der Waals surface area contributed by atoms with Gasteiger partial charge in [-0.25, -0.2) is 4.98 Å². The molecule has 1 aromatic rings. The SMILES string of the molecule is Nc1ncc(Cl)cc1[C@@H](N)C(=O)O. The van der Waals surface area contributed by atoms with Crippen molar-refractivity contribution >= 4 is 23.4 Å². The van der Waals surface area contributed by atoms with Crippen LogP contribution in [0, 0.1) is 0 Å². The molecular formula is C7H8ClN3O2. The van der Waals surface area contributed by atoms with E-state index in [0.717, 1.165) is 0 Å². The number of carboxylic acids is 1. The summed E-state index contributed by atoms with van der Waals surface area (Å²) in [6.45, 7) is 0. The maximum atomic E-state index is 10.5. The van der Waals surface area contributed by atoms with Gasteiger partial charge in [0.2, 0.25) is 0 Å². The zero-order chi connectivity index (χ0) is 10.0. The summed E-state index contributed by atoms with van der Waals surface area (Å²) in [6.07, 6.45) is 1.33. The van der Waals surface area contributed by atoms with Crippen LogP contribution in [0.25, 0.3) is 0 Å². The minimum Gasteiger partial charge on any atom is -0.480 e. The van der Waals surface area contributed by atoms with Crippen LogP contribution in [-0.2, 0) is 4.79 Å². The van der Waals surface area contributed by atoms with E-state index in [-0.39, 0.29) is 11.4 Å². The van der Waals surface area contributed by atoms with Crippen molar-refractivity contribution in [2.45, 2.75) is 6.04 Å². The van der Waals surface area contributed by atoms with Crippen LogP contribution in [0.4, 0.5) is 5.82 Å². The van der Waals surface area contributed by atoms with Crippen LogP contribution in [0.3, 0.4) is 0 Å². The third kappa shape index (κ3) is 2.07. The molecule has 13 heavy (non-hydrogen) atoms. The maximum Gasteiger partial charge on any atom is 0.325 e. The van der Waals surface area contributed by atoms with Crippen LogP contribution in [0.15, 0.2) is 12.3 Å². The largest absolute Gasteiger partial charge is 0.480 e. The number of hydrogen-bond donors (Lipinski definition) is 3. The average Bonchev–Trinajstić information content (AvgIpc) is 2.08. The van der Waals surface area contributed by atoms with Crippen molar-refractivity contribution in [3.63, 3.8) is 0 Å². The summed E-state index contributed by atoms with van der Waals surface area (Å²) in [7, 11) is 0. The van der Waals surface area contributed by atoms with Gasteiger partial charge in [0.1, 0.15) is 11.9 Å². The molecule has 0 amide bonds. The number of aromatic nitrogens is 1. The Morgan fingerprint density at radius 3 is 2.85 bits per heavy atom. The number of pyridine rings is 1. The molecule has 0 aromatic carbocycles. The summed E-state index contributed by atoms with van der Waals surface area (Å²) in [5.41, 5.74) is 11.0. The summed E-state index contributed by atoms with van der Waals surface area (Å²) in [6, 6.07) is 0.203. The third-order valence-corrected chi connectivity index (χ3v) is 1.72. The number of aliphatic carboxylic acids is 1. The molecule has 5 nitrogen and oxygen atoms in total. The van der Waals surface area contributed by atoms with Crippen molar-refractivity contribution < 1.29 is 9.90 Å². The first kappa shape index (κ1) is 9.76. The monoisotopic (exact) mass is 201 g/mol. The number of nitrogens with two attached hydrogens (primary N) is 2. The lowest BCUT2D eigenvalue weighted by Crippen LogP contribution is -2.22. The number of halogens is 1. The van der Waals surface area contributed by atoms with Gasteiger partial charge < -0.3 is 16.6 Å². The van der Waals surface area contributed by atoms with E-state index in [2.05, 4.69) is 4.98 Å². The second kappa shape index (κ2) is 3.59. The van der Waals surface area contributed by atoms with Crippen LogP contribution in [0.2, 0.25) is 5.02 Å². The number of rotatable bonds is 2. The lowest BCUT2D eigenvalue weighted by Gasteiger charge is -2.08. The molecule has 1 heterocycles. The molecule has 0 aliphatic rings. The highest BCUT2D eigenvalue weighted by molar-refractivity contribution is 6.30. The molecule has 0 aliphatic carbocycles. The molecule has 1 atom stereocenters. The predicted octanol–water partition coefficient (Wildman–Crippen LogP) is 0.402. The van der Waals surface area contributed by atoms with Crippen molar-refractivity contribution in [2.24, 2.45) is 5.73 Å². The summed E-state index contributed by atoms with van der Waals surface area (Å²) in [5.74, 6) is -1.09. The highest BCUT2D eigenvalue weighted by Gasteiger charge is 2.17. The fourth-order valence-electron chi connectivity index (χ4n) is 0.848. The number of hydrogen-bond acceptors (Lipinski definition) is 4. The standard InChI is InChI=1S/C7H8ClN3O2/c8-3-1-4(5(9)7(12)13)6(10)11-2-3/h1-2,5H,9H2,(H2,10,11)(H,12,13)/t5-/m1/s1. The Balaban J connectivity index is 3.12. The van der Waals surface area contributed by atoms with Gasteiger partial charge in [-0.15, -0.1) is 0 Å². The van der Waals surface area contributed by atoms with E-state index >= 15 is 0 Å². The lowest BCUT2D eigenvalue weighted by atomic mass is 10.1. The molecule has 1 rings (SSSR count). The Morgan fingerprint density at radius 1 is 1.69 bits per heavy atom. The molecule has 5 N–H and O–H groups in total. The average molecular weight is 202 g/mol. The molecule has 0 bridgehead atoms. The maximum absolute atomic E-state index is 10.5. The normalized spacial score (nSPS) is 12.5. The van der Waals surface area contributed by atoms with Gasteiger partial charge in [0, 0.05) is 11.8 Å². The fourth-order valence-corrected chi connectivity index (χ4v) is 1.01. The van der Waals surface area contributed by atoms with E-state index < -0.39 is 12.0 Å². The van der Waals surface area contributed by atoms with Gasteiger partial charge in [-0.05, 0) is 6.07 Å². The smallest absolute Gasteiger partial charge is 0.325 e. The van der Waals surface area contributed by atoms with Gasteiger partial charge in [0.05, 0.1) is 5.02 Å². The molecule has 6 heteroatoms. The highest BCUT2D eigenvalue weighted by atomic mass is 35.5. The van der Waals surface area contributed by atoms with Gasteiger partial charge in [0.15, 0.2) is 0 Å². The van der Waals surface area contributed by atoms with Crippen molar-refractivity contribution in [3.8, 4) is 0 Å². The Bertz CT molecular complexity index is 343. The van der Waals surface area contributed by atoms with Gasteiger partial charge in [0.25, 0.3) is 0 Å². The molecule has 0 saturated heterocycles. The summed E-state index contributed by atoms with van der Waals surface area (Å²) in [4.78, 5) is 14.2. The van der Waals surface area contributed by atoms with E-state index in [1.807, 2.05) is 0 Å². The number of carbonyl (C=O) groups is 1. The van der Waals surface area contributed by atoms with Gasteiger partial charge >= 0.3 is 5.97 Å². The Morgan fingerprint density at radius 2 is 2.31 bits per heavy atom. The number of nitrogen functional groups attached to an aromatic ring is 1. The number of nitrogens with zero attached hydrogens (tertiary/aromatic N) is 1. The van der Waals surface area contributed by atoms with Gasteiger partial charge in [-0.3, -0.25) is 4.79 Å². The van der Waals surface area contributed by atoms with Crippen LogP contribution in [-0.4, -0.2) is 16.1 Å². The molecule has 70 valence electrons. The molecule has 0 aliphatic heterocycles. The fraction of sp³-hybridized carbons (Fsp3) is 0.143. The quantitative estimate of drug-likeness (QED) is 0.643. The first-order valence-corrected chi connectivity index (χ1v) is 3.79. The van der Waals surface area contributed by atoms with E-state index in [4.69, 9.17) is 28.2 Å². The van der Waals surface area contributed by atoms with Gasteiger partial charge in [-0.1, -0.05) is 11.6 Å². The van der Waals surface area contributed by atoms with Crippen molar-refractivity contribution in [1.82, 2.24) is 4.98 Å². The molecule has 0 saturated carbocycles. The minimum atomic E-state index is -1.19. The van der Waals surface area contributed by atoms with Crippen molar-refractivity contribution in [2.75, 3.05) is 5.73 Å². The third-order valence-electron chi connectivity index (χ3n) is 1.52. The van der Waals surface area contributed by atoms with Crippen LogP contribution >= 0.6 is 11.6 Å². The minimum absolute atomic E-state index is 0.0827. The second-order valence-corrected chi connectivity index (χ2v) is 2.88. The molecule has 0 radical (unpaired) electrons. The topological polar surface area (TPSA) is 102 Å². The Hall–Kier alpha value is -1.33. The first-order valence-electron chi connectivity index (χ1n) is 3.41. The second-order valence-electron chi connectivity index (χ2n) is 2.44.